The molecule has 0 heterocycles. The lowest BCUT2D eigenvalue weighted by atomic mass is 10.2. The fourth-order valence-corrected chi connectivity index (χ4v) is 1.86. The van der Waals surface area contributed by atoms with Gasteiger partial charge in [0.1, 0.15) is 5.75 Å². The molecule has 2 aromatic carbocycles. The van der Waals surface area contributed by atoms with Crippen molar-refractivity contribution in [3.05, 3.63) is 58.6 Å². The van der Waals surface area contributed by atoms with E-state index in [4.69, 9.17) is 16.3 Å². The zero-order chi connectivity index (χ0) is 15.9. The number of anilines is 1. The highest BCUT2D eigenvalue weighted by Crippen LogP contribution is 2.31. The third-order valence-corrected chi connectivity index (χ3v) is 3.22. The van der Waals surface area contributed by atoms with Crippen molar-refractivity contribution in [1.82, 2.24) is 0 Å². The minimum absolute atomic E-state index is 0.0880. The molecule has 0 spiro atoms. The van der Waals surface area contributed by atoms with Gasteiger partial charge in [0.25, 0.3) is 0 Å². The second-order valence-electron chi connectivity index (χ2n) is 4.54. The molecule has 22 heavy (non-hydrogen) atoms. The van der Waals surface area contributed by atoms with Crippen LogP contribution in [0.2, 0.25) is 0 Å². The predicted octanol–water partition coefficient (Wildman–Crippen LogP) is 3.40. The van der Waals surface area contributed by atoms with E-state index in [0.717, 1.165) is 5.69 Å². The molecular weight excluding hydrogens is 308 g/mol. The zero-order valence-electron chi connectivity index (χ0n) is 11.6. The molecule has 0 fully saturated rings. The molecule has 0 aliphatic heterocycles. The molecule has 0 amide bonds. The van der Waals surface area contributed by atoms with Gasteiger partial charge in [-0.3, -0.25) is 10.1 Å². The summed E-state index contributed by atoms with van der Waals surface area (Å²) < 4.78 is 5.53. The van der Waals surface area contributed by atoms with Crippen LogP contribution in [0.5, 0.6) is 11.5 Å². The number of rotatable bonds is 7. The number of ether oxygens (including phenoxy) is 1. The monoisotopic (exact) mass is 322 g/mol. The van der Waals surface area contributed by atoms with Crippen molar-refractivity contribution in [1.29, 1.82) is 0 Å². The summed E-state index contributed by atoms with van der Waals surface area (Å²) >= 11 is 5.51. The average Bonchev–Trinajstić information content (AvgIpc) is 2.54. The van der Waals surface area contributed by atoms with Crippen molar-refractivity contribution in [2.75, 3.05) is 17.7 Å². The van der Waals surface area contributed by atoms with E-state index in [0.29, 0.717) is 12.3 Å². The summed E-state index contributed by atoms with van der Waals surface area (Å²) in [6, 6.07) is 13.1. The first-order chi connectivity index (χ1) is 10.6. The molecule has 0 aliphatic carbocycles. The summed E-state index contributed by atoms with van der Waals surface area (Å²) in [7, 11) is 0. The fourth-order valence-electron chi connectivity index (χ4n) is 1.75. The highest BCUT2D eigenvalue weighted by atomic mass is 35.5. The number of nitro benzene ring substituents is 1. The third-order valence-electron chi connectivity index (χ3n) is 2.86. The smallest absolute Gasteiger partial charge is 0.311 e. The quantitative estimate of drug-likeness (QED) is 0.463. The molecule has 1 unspecified atom stereocenters. The average molecular weight is 323 g/mol. The van der Waals surface area contributed by atoms with Crippen molar-refractivity contribution in [3.63, 3.8) is 0 Å². The molecule has 2 N–H and O–H groups in total. The number of halogens is 1. The number of hydrogen-bond acceptors (Lipinski definition) is 5. The van der Waals surface area contributed by atoms with Crippen molar-refractivity contribution in [3.8, 4) is 11.5 Å². The van der Waals surface area contributed by atoms with Gasteiger partial charge in [-0.05, 0) is 30.3 Å². The van der Waals surface area contributed by atoms with Gasteiger partial charge in [0.05, 0.1) is 16.9 Å². The van der Waals surface area contributed by atoms with E-state index >= 15 is 0 Å². The fraction of sp³-hybridized carbons (Fsp3) is 0.200. The van der Waals surface area contributed by atoms with Crippen LogP contribution in [0, 0.1) is 10.1 Å². The van der Waals surface area contributed by atoms with Crippen LogP contribution >= 0.6 is 11.6 Å². The Morgan fingerprint density at radius 1 is 1.23 bits per heavy atom. The number of nitrogens with zero attached hydrogens (tertiary/aromatic N) is 1. The van der Waals surface area contributed by atoms with Gasteiger partial charge in [0, 0.05) is 18.3 Å². The van der Waals surface area contributed by atoms with Gasteiger partial charge in [-0.1, -0.05) is 12.1 Å². The van der Waals surface area contributed by atoms with E-state index in [1.165, 1.54) is 6.07 Å². The number of para-hydroxylation sites is 2. The van der Waals surface area contributed by atoms with Crippen molar-refractivity contribution in [2.45, 2.75) is 6.10 Å². The van der Waals surface area contributed by atoms with E-state index in [-0.39, 0.29) is 17.3 Å². The Labute approximate surface area is 132 Å². The Hall–Kier alpha value is -2.31. The first-order valence-corrected chi connectivity index (χ1v) is 7.13. The molecule has 0 saturated heterocycles. The minimum Gasteiger partial charge on any atom is -0.450 e. The molecule has 116 valence electrons. The minimum atomic E-state index is -0.621. The maximum atomic E-state index is 10.9. The molecule has 0 radical (unpaired) electrons. The van der Waals surface area contributed by atoms with E-state index in [9.17, 15) is 15.2 Å². The second kappa shape index (κ2) is 7.63. The van der Waals surface area contributed by atoms with E-state index in [1.54, 1.807) is 42.5 Å². The van der Waals surface area contributed by atoms with E-state index in [2.05, 4.69) is 5.32 Å². The normalized spacial score (nSPS) is 11.7. The SMILES string of the molecule is O=[N+]([O-])c1ccccc1Oc1ccc(NCC(O)CCl)cc1. The summed E-state index contributed by atoms with van der Waals surface area (Å²) in [6.07, 6.45) is -0.621. The second-order valence-corrected chi connectivity index (χ2v) is 4.85. The molecule has 2 aromatic rings. The molecular formula is C15H15ClN2O4. The van der Waals surface area contributed by atoms with Crippen molar-refractivity contribution >= 4 is 23.0 Å². The summed E-state index contributed by atoms with van der Waals surface area (Å²) in [4.78, 5) is 10.4. The first-order valence-electron chi connectivity index (χ1n) is 6.59. The number of hydrogen-bond donors (Lipinski definition) is 2. The van der Waals surface area contributed by atoms with Crippen LogP contribution in [0.1, 0.15) is 0 Å². The lowest BCUT2D eigenvalue weighted by Gasteiger charge is -2.11. The molecule has 1 atom stereocenters. The highest BCUT2D eigenvalue weighted by molar-refractivity contribution is 6.18. The number of benzene rings is 2. The highest BCUT2D eigenvalue weighted by Gasteiger charge is 2.14. The van der Waals surface area contributed by atoms with E-state index in [1.807, 2.05) is 0 Å². The Kier molecular flexibility index (Phi) is 5.57. The van der Waals surface area contributed by atoms with Crippen LogP contribution in [-0.4, -0.2) is 28.6 Å². The number of nitro groups is 1. The molecule has 2 rings (SSSR count). The Balaban J connectivity index is 2.04. The van der Waals surface area contributed by atoms with Crippen LogP contribution in [0.15, 0.2) is 48.5 Å². The largest absolute Gasteiger partial charge is 0.450 e. The van der Waals surface area contributed by atoms with Crippen molar-refractivity contribution in [2.24, 2.45) is 0 Å². The summed E-state index contributed by atoms with van der Waals surface area (Å²) in [5.74, 6) is 0.829. The number of aliphatic hydroxyl groups is 1. The van der Waals surface area contributed by atoms with Gasteiger partial charge >= 0.3 is 5.69 Å². The van der Waals surface area contributed by atoms with Crippen LogP contribution in [-0.2, 0) is 0 Å². The topological polar surface area (TPSA) is 84.6 Å². The van der Waals surface area contributed by atoms with Crippen molar-refractivity contribution < 1.29 is 14.8 Å². The Morgan fingerprint density at radius 2 is 1.91 bits per heavy atom. The first kappa shape index (κ1) is 16.1. The molecule has 0 aliphatic rings. The van der Waals surface area contributed by atoms with Gasteiger partial charge in [-0.25, -0.2) is 0 Å². The van der Waals surface area contributed by atoms with Crippen LogP contribution in [0.25, 0.3) is 0 Å². The molecule has 0 saturated carbocycles. The summed E-state index contributed by atoms with van der Waals surface area (Å²) in [5.41, 5.74) is 0.703. The van der Waals surface area contributed by atoms with Gasteiger partial charge in [-0.15, -0.1) is 11.6 Å². The predicted molar refractivity (Wildman–Crippen MR) is 84.8 cm³/mol. The molecule has 6 nitrogen and oxygen atoms in total. The van der Waals surface area contributed by atoms with Crippen LogP contribution in [0.3, 0.4) is 0 Å². The number of alkyl halides is 1. The van der Waals surface area contributed by atoms with Crippen LogP contribution in [0.4, 0.5) is 11.4 Å². The van der Waals surface area contributed by atoms with Gasteiger partial charge < -0.3 is 15.2 Å². The Bertz CT molecular complexity index is 634. The maximum absolute atomic E-state index is 10.9. The number of aliphatic hydroxyl groups excluding tert-OH is 1. The summed E-state index contributed by atoms with van der Waals surface area (Å²) in [6.45, 7) is 0.341. The zero-order valence-corrected chi connectivity index (χ0v) is 12.4. The number of nitrogens with one attached hydrogen (secondary N) is 1. The standard InChI is InChI=1S/C15H15ClN2O4/c16-9-12(19)10-17-11-5-7-13(8-6-11)22-15-4-2-1-3-14(15)18(20)21/h1-8,12,17,19H,9-10H2. The van der Waals surface area contributed by atoms with Gasteiger partial charge in [-0.2, -0.15) is 0 Å². The molecule has 0 bridgehead atoms. The lowest BCUT2D eigenvalue weighted by molar-refractivity contribution is -0.385. The summed E-state index contributed by atoms with van der Waals surface area (Å²) in [5, 5.41) is 23.3. The molecule has 0 aromatic heterocycles. The maximum Gasteiger partial charge on any atom is 0.311 e. The van der Waals surface area contributed by atoms with Gasteiger partial charge in [0.15, 0.2) is 0 Å². The molecule has 7 heteroatoms. The third kappa shape index (κ3) is 4.34. The lowest BCUT2D eigenvalue weighted by Crippen LogP contribution is -2.20. The van der Waals surface area contributed by atoms with E-state index < -0.39 is 11.0 Å². The Morgan fingerprint density at radius 3 is 2.55 bits per heavy atom. The van der Waals surface area contributed by atoms with Crippen LogP contribution < -0.4 is 10.1 Å². The van der Waals surface area contributed by atoms with Gasteiger partial charge in [0.2, 0.25) is 5.75 Å².